The fourth-order valence-electron chi connectivity index (χ4n) is 2.29. The first-order valence-corrected chi connectivity index (χ1v) is 9.35. The molecule has 0 bridgehead atoms. The van der Waals surface area contributed by atoms with Crippen molar-refractivity contribution in [2.45, 2.75) is 6.92 Å². The summed E-state index contributed by atoms with van der Waals surface area (Å²) in [5, 5.41) is 7.25. The van der Waals surface area contributed by atoms with Gasteiger partial charge in [0, 0.05) is 16.6 Å². The third-order valence-corrected chi connectivity index (χ3v) is 4.40. The normalized spacial score (nSPS) is 10.2. The van der Waals surface area contributed by atoms with Crippen LogP contribution in [0.25, 0.3) is 0 Å². The molecule has 7 nitrogen and oxygen atoms in total. The van der Waals surface area contributed by atoms with Gasteiger partial charge in [-0.15, -0.1) is 11.3 Å². The van der Waals surface area contributed by atoms with Crippen molar-refractivity contribution in [2.24, 2.45) is 0 Å². The van der Waals surface area contributed by atoms with Gasteiger partial charge in [0.2, 0.25) is 0 Å². The van der Waals surface area contributed by atoms with Crippen molar-refractivity contribution in [3.05, 3.63) is 76.8 Å². The van der Waals surface area contributed by atoms with Gasteiger partial charge in [0.15, 0.2) is 5.13 Å². The third-order valence-electron chi connectivity index (χ3n) is 3.65. The van der Waals surface area contributed by atoms with E-state index in [1.54, 1.807) is 60.8 Å². The van der Waals surface area contributed by atoms with E-state index in [1.165, 1.54) is 0 Å². The molecule has 0 fully saturated rings. The van der Waals surface area contributed by atoms with Gasteiger partial charge in [-0.25, -0.2) is 9.78 Å². The first kappa shape index (κ1) is 19.2. The van der Waals surface area contributed by atoms with Crippen LogP contribution in [0, 0.1) is 0 Å². The molecular weight excluding hydrogens is 378 g/mol. The smallest absolute Gasteiger partial charge is 0.338 e. The van der Waals surface area contributed by atoms with Crippen molar-refractivity contribution < 1.29 is 19.1 Å². The number of thiazole rings is 1. The number of rotatable bonds is 6. The second-order valence-corrected chi connectivity index (χ2v) is 6.47. The van der Waals surface area contributed by atoms with Crippen LogP contribution in [0.3, 0.4) is 0 Å². The molecule has 142 valence electrons. The number of carbonyl (C=O) groups is 3. The minimum absolute atomic E-state index is 0.183. The number of benzene rings is 2. The Morgan fingerprint density at radius 1 is 0.929 bits per heavy atom. The number of amides is 2. The molecule has 2 amide bonds. The zero-order chi connectivity index (χ0) is 19.9. The summed E-state index contributed by atoms with van der Waals surface area (Å²) in [5.41, 5.74) is 1.61. The van der Waals surface area contributed by atoms with Gasteiger partial charge >= 0.3 is 5.97 Å². The number of nitrogens with one attached hydrogen (secondary N) is 2. The topological polar surface area (TPSA) is 97.4 Å². The quantitative estimate of drug-likeness (QED) is 0.618. The second-order valence-electron chi connectivity index (χ2n) is 5.61. The molecule has 0 saturated carbocycles. The average molecular weight is 395 g/mol. The van der Waals surface area contributed by atoms with Crippen LogP contribution in [0.4, 0.5) is 10.8 Å². The van der Waals surface area contributed by atoms with E-state index in [-0.39, 0.29) is 11.6 Å². The molecule has 3 aromatic rings. The molecule has 0 saturated heterocycles. The van der Waals surface area contributed by atoms with E-state index in [4.69, 9.17) is 4.74 Å². The van der Waals surface area contributed by atoms with E-state index in [2.05, 4.69) is 15.6 Å². The summed E-state index contributed by atoms with van der Waals surface area (Å²) in [6.45, 7) is 2.03. The molecule has 0 aliphatic heterocycles. The van der Waals surface area contributed by atoms with Gasteiger partial charge in [0.1, 0.15) is 5.69 Å². The Morgan fingerprint density at radius 2 is 1.64 bits per heavy atom. The van der Waals surface area contributed by atoms with Crippen molar-refractivity contribution in [2.75, 3.05) is 17.2 Å². The van der Waals surface area contributed by atoms with Crippen molar-refractivity contribution in [3.8, 4) is 0 Å². The molecule has 0 unspecified atom stereocenters. The highest BCUT2D eigenvalue weighted by Crippen LogP contribution is 2.18. The van der Waals surface area contributed by atoms with E-state index >= 15 is 0 Å². The predicted octanol–water partition coefficient (Wildman–Crippen LogP) is 3.82. The van der Waals surface area contributed by atoms with Gasteiger partial charge < -0.3 is 10.1 Å². The van der Waals surface area contributed by atoms with Gasteiger partial charge in [0.25, 0.3) is 11.8 Å². The molecule has 0 aliphatic carbocycles. The number of anilines is 2. The van der Waals surface area contributed by atoms with Crippen molar-refractivity contribution in [3.63, 3.8) is 0 Å². The maximum absolute atomic E-state index is 12.3. The van der Waals surface area contributed by atoms with E-state index in [9.17, 15) is 14.4 Å². The molecule has 3 rings (SSSR count). The van der Waals surface area contributed by atoms with Crippen LogP contribution in [0.1, 0.15) is 38.1 Å². The monoisotopic (exact) mass is 395 g/mol. The highest BCUT2D eigenvalue weighted by molar-refractivity contribution is 7.14. The first-order valence-electron chi connectivity index (χ1n) is 8.47. The molecule has 8 heteroatoms. The first-order chi connectivity index (χ1) is 13.6. The Morgan fingerprint density at radius 3 is 2.32 bits per heavy atom. The van der Waals surface area contributed by atoms with Crippen molar-refractivity contribution in [1.29, 1.82) is 0 Å². The number of ether oxygens (including phenoxy) is 1. The zero-order valence-corrected chi connectivity index (χ0v) is 15.8. The lowest BCUT2D eigenvalue weighted by Crippen LogP contribution is -2.14. The van der Waals surface area contributed by atoms with Crippen LogP contribution < -0.4 is 10.6 Å². The second kappa shape index (κ2) is 8.92. The Hall–Kier alpha value is -3.52. The highest BCUT2D eigenvalue weighted by Gasteiger charge is 2.14. The summed E-state index contributed by atoms with van der Waals surface area (Å²) in [6, 6.07) is 15.1. The summed E-state index contributed by atoms with van der Waals surface area (Å²) in [4.78, 5) is 40.3. The fraction of sp³-hybridized carbons (Fsp3) is 0.100. The fourth-order valence-corrected chi connectivity index (χ4v) is 2.98. The number of hydrogen-bond acceptors (Lipinski definition) is 6. The number of nitrogens with zero attached hydrogens (tertiary/aromatic N) is 1. The molecular formula is C20H17N3O4S. The molecule has 2 N–H and O–H groups in total. The summed E-state index contributed by atoms with van der Waals surface area (Å²) in [5.74, 6) is -1.13. The maximum Gasteiger partial charge on any atom is 0.338 e. The van der Waals surface area contributed by atoms with Gasteiger partial charge in [-0.1, -0.05) is 18.2 Å². The largest absolute Gasteiger partial charge is 0.462 e. The lowest BCUT2D eigenvalue weighted by Gasteiger charge is -2.05. The summed E-state index contributed by atoms with van der Waals surface area (Å²) in [7, 11) is 0. The Bertz CT molecular complexity index is 984. The summed E-state index contributed by atoms with van der Waals surface area (Å²) < 4.78 is 4.92. The Kier molecular flexibility index (Phi) is 6.13. The molecule has 28 heavy (non-hydrogen) atoms. The zero-order valence-electron chi connectivity index (χ0n) is 15.0. The molecule has 0 aliphatic rings. The highest BCUT2D eigenvalue weighted by atomic mass is 32.1. The molecule has 0 spiro atoms. The van der Waals surface area contributed by atoms with Crippen LogP contribution in [-0.4, -0.2) is 29.4 Å². The number of carbonyl (C=O) groups excluding carboxylic acids is 3. The molecule has 2 aromatic carbocycles. The van der Waals surface area contributed by atoms with Crippen LogP contribution in [0.2, 0.25) is 0 Å². The van der Waals surface area contributed by atoms with Crippen LogP contribution in [-0.2, 0) is 4.74 Å². The van der Waals surface area contributed by atoms with Crippen LogP contribution in [0.15, 0.2) is 60.0 Å². The standard InChI is InChI=1S/C20H17N3O4S/c1-2-27-19(26)14-8-10-15(11-9-14)21-18(25)16-12-28-20(22-16)23-17(24)13-6-4-3-5-7-13/h3-12H,2H2,1H3,(H,21,25)(H,22,23,24). The van der Waals surface area contributed by atoms with Crippen molar-refractivity contribution >= 4 is 39.9 Å². The lowest BCUT2D eigenvalue weighted by molar-refractivity contribution is 0.0526. The summed E-state index contributed by atoms with van der Waals surface area (Å²) >= 11 is 1.16. The Balaban J connectivity index is 1.61. The van der Waals surface area contributed by atoms with Crippen LogP contribution in [0.5, 0.6) is 0 Å². The summed E-state index contributed by atoms with van der Waals surface area (Å²) in [6.07, 6.45) is 0. The minimum Gasteiger partial charge on any atom is -0.462 e. The third kappa shape index (κ3) is 4.80. The molecule has 0 atom stereocenters. The molecule has 1 heterocycles. The molecule has 1 aromatic heterocycles. The van der Waals surface area contributed by atoms with Gasteiger partial charge in [-0.3, -0.25) is 14.9 Å². The lowest BCUT2D eigenvalue weighted by atomic mass is 10.2. The SMILES string of the molecule is CCOC(=O)c1ccc(NC(=O)c2csc(NC(=O)c3ccccc3)n2)cc1. The van der Waals surface area contributed by atoms with E-state index in [0.29, 0.717) is 28.6 Å². The van der Waals surface area contributed by atoms with Crippen LogP contribution >= 0.6 is 11.3 Å². The average Bonchev–Trinajstić information content (AvgIpc) is 3.18. The van der Waals surface area contributed by atoms with E-state index in [0.717, 1.165) is 11.3 Å². The number of hydrogen-bond donors (Lipinski definition) is 2. The Labute approximate surface area is 165 Å². The van der Waals surface area contributed by atoms with E-state index < -0.39 is 11.9 Å². The predicted molar refractivity (Wildman–Crippen MR) is 107 cm³/mol. The number of aromatic nitrogens is 1. The number of esters is 1. The van der Waals surface area contributed by atoms with E-state index in [1.807, 2.05) is 6.07 Å². The molecule has 0 radical (unpaired) electrons. The van der Waals surface area contributed by atoms with Gasteiger partial charge in [-0.05, 0) is 43.3 Å². The minimum atomic E-state index is -0.418. The maximum atomic E-state index is 12.3. The van der Waals surface area contributed by atoms with Gasteiger partial charge in [-0.2, -0.15) is 0 Å². The van der Waals surface area contributed by atoms with Gasteiger partial charge in [0.05, 0.1) is 12.2 Å². The van der Waals surface area contributed by atoms with Crippen molar-refractivity contribution in [1.82, 2.24) is 4.98 Å².